The van der Waals surface area contributed by atoms with Crippen LogP contribution in [0.25, 0.3) is 0 Å². The fraction of sp³-hybridized carbons (Fsp3) is 0.333. The second-order valence-corrected chi connectivity index (χ2v) is 2.42. The van der Waals surface area contributed by atoms with Gasteiger partial charge in [-0.05, 0) is 0 Å². The minimum absolute atomic E-state index is 0.359. The first-order chi connectivity index (χ1) is 4.54. The first kappa shape index (κ1) is 9.62. The molecule has 0 nitrogen and oxygen atoms in total. The predicted octanol–water partition coefficient (Wildman–Crippen LogP) is 2.94. The molecule has 0 saturated heterocycles. The Morgan fingerprint density at radius 2 is 2.20 bits per heavy atom. The molecule has 0 spiro atoms. The van der Waals surface area contributed by atoms with Gasteiger partial charge in [-0.25, -0.2) is 13.2 Å². The van der Waals surface area contributed by atoms with E-state index in [-0.39, 0.29) is 6.42 Å². The van der Waals surface area contributed by atoms with Crippen molar-refractivity contribution in [1.29, 1.82) is 0 Å². The molecular weight excluding hydrogens is 161 g/mol. The molecule has 0 amide bonds. The number of allylic oxidation sites excluding steroid dienone is 1. The van der Waals surface area contributed by atoms with Crippen LogP contribution in [0.15, 0.2) is 24.8 Å². The van der Waals surface area contributed by atoms with Gasteiger partial charge < -0.3 is 0 Å². The van der Waals surface area contributed by atoms with Crippen molar-refractivity contribution in [2.75, 3.05) is 0 Å². The third-order valence-corrected chi connectivity index (χ3v) is 1.27. The van der Waals surface area contributed by atoms with Crippen molar-refractivity contribution >= 4 is 12.6 Å². The normalized spacial score (nSPS) is 18.2. The Kier molecular flexibility index (Phi) is 3.57. The maximum Gasteiger partial charge on any atom is 0.210 e. The molecule has 0 aromatic carbocycles. The Hall–Kier alpha value is -0.380. The standard InChI is InChI=1S/C6H7F3S/c1-2-3-6(9,10)5(8)4-7/h2,4,10H,1,3H2. The molecule has 0 saturated carbocycles. The van der Waals surface area contributed by atoms with Crippen LogP contribution in [0.5, 0.6) is 0 Å². The minimum Gasteiger partial charge on any atom is -0.224 e. The van der Waals surface area contributed by atoms with E-state index in [1.807, 2.05) is 0 Å². The monoisotopic (exact) mass is 168 g/mol. The summed E-state index contributed by atoms with van der Waals surface area (Å²) in [6, 6.07) is 0. The summed E-state index contributed by atoms with van der Waals surface area (Å²) in [5, 5.41) is -2.55. The lowest BCUT2D eigenvalue weighted by Gasteiger charge is -2.12. The molecule has 0 aliphatic carbocycles. The number of thiol groups is 1. The van der Waals surface area contributed by atoms with Crippen LogP contribution in [0.2, 0.25) is 0 Å². The van der Waals surface area contributed by atoms with E-state index in [0.29, 0.717) is 0 Å². The molecule has 0 heterocycles. The maximum absolute atomic E-state index is 12.6. The fourth-order valence-corrected chi connectivity index (χ4v) is 0.550. The van der Waals surface area contributed by atoms with Crippen molar-refractivity contribution in [1.82, 2.24) is 0 Å². The van der Waals surface area contributed by atoms with E-state index < -0.39 is 17.2 Å². The van der Waals surface area contributed by atoms with E-state index in [2.05, 4.69) is 19.2 Å². The Labute approximate surface area is 62.8 Å². The smallest absolute Gasteiger partial charge is 0.210 e. The first-order valence-corrected chi connectivity index (χ1v) is 2.98. The molecule has 0 rings (SSSR count). The van der Waals surface area contributed by atoms with E-state index in [1.165, 1.54) is 0 Å². The van der Waals surface area contributed by atoms with Gasteiger partial charge in [0.2, 0.25) is 5.00 Å². The van der Waals surface area contributed by atoms with Crippen LogP contribution in [0.4, 0.5) is 13.2 Å². The molecule has 58 valence electrons. The molecule has 10 heavy (non-hydrogen) atoms. The van der Waals surface area contributed by atoms with E-state index in [0.717, 1.165) is 6.08 Å². The maximum atomic E-state index is 12.6. The lowest BCUT2D eigenvalue weighted by molar-refractivity contribution is 0.286. The summed E-state index contributed by atoms with van der Waals surface area (Å²) >= 11 is 3.22. The zero-order valence-corrected chi connectivity index (χ0v) is 6.04. The molecule has 0 N–H and O–H groups in total. The van der Waals surface area contributed by atoms with Crippen LogP contribution in [-0.4, -0.2) is 5.00 Å². The van der Waals surface area contributed by atoms with Crippen molar-refractivity contribution in [3.05, 3.63) is 24.8 Å². The summed E-state index contributed by atoms with van der Waals surface area (Å²) in [6.07, 6.45) is 0.314. The highest BCUT2D eigenvalue weighted by Gasteiger charge is 2.29. The largest absolute Gasteiger partial charge is 0.224 e. The Balaban J connectivity index is 4.23. The third-order valence-electron chi connectivity index (χ3n) is 0.877. The Morgan fingerprint density at radius 3 is 2.50 bits per heavy atom. The average molecular weight is 168 g/mol. The molecule has 1 unspecified atom stereocenters. The SMILES string of the molecule is C=CCC(F)(S)C(F)=CF. The van der Waals surface area contributed by atoms with Gasteiger partial charge in [0.15, 0.2) is 5.83 Å². The van der Waals surface area contributed by atoms with Crippen molar-refractivity contribution < 1.29 is 13.2 Å². The number of rotatable bonds is 3. The Morgan fingerprint density at radius 1 is 1.70 bits per heavy atom. The summed E-state index contributed by atoms with van der Waals surface area (Å²) in [5.41, 5.74) is 0. The molecule has 0 fully saturated rings. The Bertz CT molecular complexity index is 151. The van der Waals surface area contributed by atoms with Crippen LogP contribution >= 0.6 is 12.6 Å². The zero-order valence-electron chi connectivity index (χ0n) is 5.15. The summed E-state index contributed by atoms with van der Waals surface area (Å²) < 4.78 is 36.0. The van der Waals surface area contributed by atoms with Gasteiger partial charge in [0.25, 0.3) is 0 Å². The molecule has 0 aliphatic heterocycles. The number of halogens is 3. The van der Waals surface area contributed by atoms with E-state index >= 15 is 0 Å². The molecule has 0 radical (unpaired) electrons. The van der Waals surface area contributed by atoms with Crippen LogP contribution in [0.1, 0.15) is 6.42 Å². The lowest BCUT2D eigenvalue weighted by Crippen LogP contribution is -2.13. The zero-order chi connectivity index (χ0) is 8.20. The topological polar surface area (TPSA) is 0 Å². The van der Waals surface area contributed by atoms with Gasteiger partial charge in [0.1, 0.15) is 6.33 Å². The van der Waals surface area contributed by atoms with Crippen molar-refractivity contribution in [3.8, 4) is 0 Å². The second kappa shape index (κ2) is 3.71. The highest BCUT2D eigenvalue weighted by Crippen LogP contribution is 2.31. The van der Waals surface area contributed by atoms with Gasteiger partial charge in [-0.2, -0.15) is 0 Å². The van der Waals surface area contributed by atoms with E-state index in [4.69, 9.17) is 0 Å². The molecular formula is C6H7F3S. The van der Waals surface area contributed by atoms with Crippen LogP contribution in [0.3, 0.4) is 0 Å². The van der Waals surface area contributed by atoms with Crippen molar-refractivity contribution in [2.24, 2.45) is 0 Å². The van der Waals surface area contributed by atoms with E-state index in [9.17, 15) is 13.2 Å². The average Bonchev–Trinajstić information content (AvgIpc) is 1.86. The number of hydrogen-bond donors (Lipinski definition) is 1. The third kappa shape index (κ3) is 2.47. The van der Waals surface area contributed by atoms with Crippen LogP contribution in [0, 0.1) is 0 Å². The van der Waals surface area contributed by atoms with Crippen molar-refractivity contribution in [3.63, 3.8) is 0 Å². The number of alkyl halides is 1. The molecule has 4 heteroatoms. The van der Waals surface area contributed by atoms with Crippen molar-refractivity contribution in [2.45, 2.75) is 11.4 Å². The summed E-state index contributed by atoms with van der Waals surface area (Å²) in [6.45, 7) is 3.16. The summed E-state index contributed by atoms with van der Waals surface area (Å²) in [7, 11) is 0. The highest BCUT2D eigenvalue weighted by atomic mass is 32.1. The lowest BCUT2D eigenvalue weighted by atomic mass is 10.2. The quantitative estimate of drug-likeness (QED) is 0.486. The van der Waals surface area contributed by atoms with Gasteiger partial charge in [0, 0.05) is 6.42 Å². The first-order valence-electron chi connectivity index (χ1n) is 2.53. The van der Waals surface area contributed by atoms with Gasteiger partial charge in [-0.1, -0.05) is 6.08 Å². The van der Waals surface area contributed by atoms with Crippen LogP contribution < -0.4 is 0 Å². The molecule has 0 bridgehead atoms. The minimum atomic E-state index is -2.55. The fourth-order valence-electron chi connectivity index (χ4n) is 0.372. The molecule has 0 aliphatic rings. The van der Waals surface area contributed by atoms with E-state index in [1.54, 1.807) is 0 Å². The second-order valence-electron chi connectivity index (χ2n) is 1.71. The van der Waals surface area contributed by atoms with Gasteiger partial charge in [-0.3, -0.25) is 0 Å². The predicted molar refractivity (Wildman–Crippen MR) is 37.9 cm³/mol. The summed E-state index contributed by atoms with van der Waals surface area (Å²) in [5.74, 6) is -1.53. The van der Waals surface area contributed by atoms with Gasteiger partial charge >= 0.3 is 0 Å². The van der Waals surface area contributed by atoms with Crippen LogP contribution in [-0.2, 0) is 0 Å². The molecule has 0 aromatic heterocycles. The van der Waals surface area contributed by atoms with Gasteiger partial charge in [0.05, 0.1) is 0 Å². The highest BCUT2D eigenvalue weighted by molar-refractivity contribution is 7.81. The number of hydrogen-bond acceptors (Lipinski definition) is 1. The van der Waals surface area contributed by atoms with Gasteiger partial charge in [-0.15, -0.1) is 19.2 Å². The summed E-state index contributed by atoms with van der Waals surface area (Å²) in [4.78, 5) is 0. The molecule has 0 aromatic rings. The molecule has 1 atom stereocenters.